The normalized spacial score (nSPS) is 20.7. The Morgan fingerprint density at radius 2 is 2.35 bits per heavy atom. The van der Waals surface area contributed by atoms with Gasteiger partial charge in [0, 0.05) is 25.1 Å². The highest BCUT2D eigenvalue weighted by molar-refractivity contribution is 5.92. The molecule has 2 aliphatic rings. The highest BCUT2D eigenvalue weighted by Crippen LogP contribution is 2.40. The average molecular weight is 232 g/mol. The molecule has 90 valence electrons. The Kier molecular flexibility index (Phi) is 2.50. The maximum Gasteiger partial charge on any atom is 0.276 e. The van der Waals surface area contributed by atoms with E-state index in [4.69, 9.17) is 4.52 Å². The Hall–Kier alpha value is -1.58. The lowest BCUT2D eigenvalue weighted by atomic mass is 10.1. The molecule has 0 spiro atoms. The molecule has 2 heterocycles. The van der Waals surface area contributed by atoms with Crippen LogP contribution in [0.15, 0.2) is 22.7 Å². The zero-order valence-electron chi connectivity index (χ0n) is 9.82. The molecule has 3 rings (SSSR count). The van der Waals surface area contributed by atoms with Crippen molar-refractivity contribution in [1.82, 2.24) is 10.1 Å². The fraction of sp³-hybridized carbons (Fsp3) is 0.538. The molecule has 1 aliphatic carbocycles. The minimum Gasteiger partial charge on any atom is -0.360 e. The lowest BCUT2D eigenvalue weighted by Gasteiger charge is -2.27. The smallest absolute Gasteiger partial charge is 0.276 e. The van der Waals surface area contributed by atoms with E-state index in [0.717, 1.165) is 43.6 Å². The Bertz CT molecular complexity index is 460. The number of piperidine rings is 1. The number of rotatable bonds is 2. The molecule has 0 unspecified atom stereocenters. The molecular weight excluding hydrogens is 216 g/mol. The molecule has 1 saturated carbocycles. The molecule has 1 aromatic heterocycles. The van der Waals surface area contributed by atoms with Crippen LogP contribution >= 0.6 is 0 Å². The van der Waals surface area contributed by atoms with E-state index in [9.17, 15) is 4.79 Å². The lowest BCUT2D eigenvalue weighted by Crippen LogP contribution is -2.36. The number of hydrogen-bond donors (Lipinski definition) is 0. The van der Waals surface area contributed by atoms with Gasteiger partial charge in [-0.05, 0) is 25.7 Å². The molecule has 1 saturated heterocycles. The van der Waals surface area contributed by atoms with Crippen LogP contribution in [0.3, 0.4) is 0 Å². The summed E-state index contributed by atoms with van der Waals surface area (Å²) in [5.41, 5.74) is 1.57. The minimum absolute atomic E-state index is 0.0264. The Morgan fingerprint density at radius 3 is 3.06 bits per heavy atom. The first-order valence-corrected chi connectivity index (χ1v) is 6.16. The summed E-state index contributed by atoms with van der Waals surface area (Å²) >= 11 is 0. The largest absolute Gasteiger partial charge is 0.360 e. The number of nitrogens with zero attached hydrogens (tertiary/aromatic N) is 2. The van der Waals surface area contributed by atoms with Gasteiger partial charge >= 0.3 is 0 Å². The van der Waals surface area contributed by atoms with Crippen molar-refractivity contribution < 1.29 is 9.32 Å². The molecule has 0 atom stereocenters. The number of carbonyl (C=O) groups excluding carboxylic acids is 1. The summed E-state index contributed by atoms with van der Waals surface area (Å²) < 4.78 is 5.21. The standard InChI is InChI=1S/C13H16N2O2/c1-9-3-2-6-15(8-9)13(16)11-7-12(17-14-11)10-4-5-10/h7,10H,1-6,8H2. The molecule has 4 nitrogen and oxygen atoms in total. The summed E-state index contributed by atoms with van der Waals surface area (Å²) in [5.74, 6) is 1.34. The van der Waals surface area contributed by atoms with Crippen LogP contribution in [0.5, 0.6) is 0 Å². The van der Waals surface area contributed by atoms with E-state index < -0.39 is 0 Å². The quantitative estimate of drug-likeness (QED) is 0.735. The predicted octanol–water partition coefficient (Wildman–Crippen LogP) is 2.34. The lowest BCUT2D eigenvalue weighted by molar-refractivity contribution is 0.0742. The van der Waals surface area contributed by atoms with Crippen molar-refractivity contribution in [1.29, 1.82) is 0 Å². The maximum absolute atomic E-state index is 12.2. The van der Waals surface area contributed by atoms with E-state index in [1.165, 1.54) is 0 Å². The third kappa shape index (κ3) is 2.12. The topological polar surface area (TPSA) is 46.3 Å². The Morgan fingerprint density at radius 1 is 1.53 bits per heavy atom. The number of carbonyl (C=O) groups is 1. The maximum atomic E-state index is 12.2. The summed E-state index contributed by atoms with van der Waals surface area (Å²) in [6.45, 7) is 5.40. The molecule has 1 amide bonds. The van der Waals surface area contributed by atoms with E-state index in [0.29, 0.717) is 18.2 Å². The van der Waals surface area contributed by atoms with Gasteiger partial charge in [0.15, 0.2) is 5.69 Å². The number of aromatic nitrogens is 1. The summed E-state index contributed by atoms with van der Waals surface area (Å²) in [4.78, 5) is 14.0. The van der Waals surface area contributed by atoms with Crippen LogP contribution < -0.4 is 0 Å². The zero-order chi connectivity index (χ0) is 11.8. The van der Waals surface area contributed by atoms with E-state index in [-0.39, 0.29) is 5.91 Å². The van der Waals surface area contributed by atoms with Crippen molar-refractivity contribution in [2.75, 3.05) is 13.1 Å². The number of likely N-dealkylation sites (tertiary alicyclic amines) is 1. The van der Waals surface area contributed by atoms with Crippen LogP contribution in [0.25, 0.3) is 0 Å². The fourth-order valence-corrected chi connectivity index (χ4v) is 2.23. The molecule has 0 bridgehead atoms. The molecule has 4 heteroatoms. The van der Waals surface area contributed by atoms with Gasteiger partial charge in [-0.3, -0.25) is 4.79 Å². The summed E-state index contributed by atoms with van der Waals surface area (Å²) in [6.07, 6.45) is 4.33. The van der Waals surface area contributed by atoms with Crippen LogP contribution in [-0.4, -0.2) is 29.1 Å². The van der Waals surface area contributed by atoms with Crippen molar-refractivity contribution in [2.24, 2.45) is 0 Å². The van der Waals surface area contributed by atoms with Crippen LogP contribution in [0.2, 0.25) is 0 Å². The van der Waals surface area contributed by atoms with Crippen molar-refractivity contribution in [3.8, 4) is 0 Å². The van der Waals surface area contributed by atoms with Gasteiger partial charge in [-0.25, -0.2) is 0 Å². The first kappa shape index (κ1) is 10.6. The van der Waals surface area contributed by atoms with Crippen LogP contribution in [0.1, 0.15) is 47.8 Å². The fourth-order valence-electron chi connectivity index (χ4n) is 2.23. The Labute approximate surface area is 100 Å². The average Bonchev–Trinajstić information content (AvgIpc) is 3.07. The first-order valence-electron chi connectivity index (χ1n) is 6.16. The summed E-state index contributed by atoms with van der Waals surface area (Å²) in [7, 11) is 0. The van der Waals surface area contributed by atoms with Crippen LogP contribution in [0.4, 0.5) is 0 Å². The van der Waals surface area contributed by atoms with Crippen LogP contribution in [0, 0.1) is 0 Å². The molecule has 0 N–H and O–H groups in total. The van der Waals surface area contributed by atoms with Gasteiger partial charge in [0.25, 0.3) is 5.91 Å². The highest BCUT2D eigenvalue weighted by atomic mass is 16.5. The van der Waals surface area contributed by atoms with E-state index >= 15 is 0 Å². The van der Waals surface area contributed by atoms with Gasteiger partial charge in [-0.1, -0.05) is 17.3 Å². The SMILES string of the molecule is C=C1CCCN(C(=O)c2cc(C3CC3)on2)C1. The van der Waals surface area contributed by atoms with Gasteiger partial charge in [0.05, 0.1) is 0 Å². The molecule has 0 radical (unpaired) electrons. The second kappa shape index (κ2) is 4.02. The monoisotopic (exact) mass is 232 g/mol. The van der Waals surface area contributed by atoms with E-state index in [2.05, 4.69) is 11.7 Å². The van der Waals surface area contributed by atoms with Gasteiger partial charge in [-0.15, -0.1) is 0 Å². The Balaban J connectivity index is 1.73. The second-order valence-corrected chi connectivity index (χ2v) is 4.97. The van der Waals surface area contributed by atoms with Crippen molar-refractivity contribution in [2.45, 2.75) is 31.6 Å². The molecule has 0 aromatic carbocycles. The summed E-state index contributed by atoms with van der Waals surface area (Å²) in [5, 5.41) is 3.88. The predicted molar refractivity (Wildman–Crippen MR) is 62.8 cm³/mol. The molecule has 17 heavy (non-hydrogen) atoms. The van der Waals surface area contributed by atoms with E-state index in [1.54, 1.807) is 11.0 Å². The number of amides is 1. The molecule has 1 aromatic rings. The first-order chi connectivity index (χ1) is 8.24. The van der Waals surface area contributed by atoms with Crippen molar-refractivity contribution in [3.05, 3.63) is 29.7 Å². The van der Waals surface area contributed by atoms with Crippen LogP contribution in [-0.2, 0) is 0 Å². The summed E-state index contributed by atoms with van der Waals surface area (Å²) in [6, 6.07) is 1.80. The molecule has 1 aliphatic heterocycles. The van der Waals surface area contributed by atoms with Gasteiger partial charge in [0.1, 0.15) is 5.76 Å². The second-order valence-electron chi connectivity index (χ2n) is 4.97. The zero-order valence-corrected chi connectivity index (χ0v) is 9.82. The number of hydrogen-bond acceptors (Lipinski definition) is 3. The van der Waals surface area contributed by atoms with Gasteiger partial charge in [-0.2, -0.15) is 0 Å². The highest BCUT2D eigenvalue weighted by Gasteiger charge is 2.30. The van der Waals surface area contributed by atoms with Crippen molar-refractivity contribution >= 4 is 5.91 Å². The third-order valence-electron chi connectivity index (χ3n) is 3.39. The third-order valence-corrected chi connectivity index (χ3v) is 3.39. The molecule has 2 fully saturated rings. The van der Waals surface area contributed by atoms with Gasteiger partial charge in [0.2, 0.25) is 0 Å². The van der Waals surface area contributed by atoms with E-state index in [1.807, 2.05) is 0 Å². The minimum atomic E-state index is -0.0264. The van der Waals surface area contributed by atoms with Crippen molar-refractivity contribution in [3.63, 3.8) is 0 Å². The van der Waals surface area contributed by atoms with Gasteiger partial charge < -0.3 is 9.42 Å². The molecular formula is C13H16N2O2.